The van der Waals surface area contributed by atoms with E-state index in [4.69, 9.17) is 0 Å². The number of nitrogens with zero attached hydrogens (tertiary/aromatic N) is 3. The van der Waals surface area contributed by atoms with Gasteiger partial charge in [-0.1, -0.05) is 13.0 Å². The molecule has 1 saturated heterocycles. The maximum atomic E-state index is 15.0. The fraction of sp³-hybridized carbons (Fsp3) is 0.360. The van der Waals surface area contributed by atoms with Crippen molar-refractivity contribution in [2.45, 2.75) is 32.9 Å². The third-order valence-corrected chi connectivity index (χ3v) is 6.20. The van der Waals surface area contributed by atoms with Crippen molar-refractivity contribution >= 4 is 22.6 Å². The molecule has 1 fully saturated rings. The van der Waals surface area contributed by atoms with Gasteiger partial charge < -0.3 is 15.2 Å². The number of aromatic nitrogens is 2. The van der Waals surface area contributed by atoms with E-state index in [1.54, 1.807) is 25.4 Å². The molecule has 0 bridgehead atoms. The summed E-state index contributed by atoms with van der Waals surface area (Å²) in [4.78, 5) is 13.6. The number of nitrogens with one attached hydrogen (secondary N) is 2. The van der Waals surface area contributed by atoms with Gasteiger partial charge in [0, 0.05) is 26.3 Å². The van der Waals surface area contributed by atoms with Crippen molar-refractivity contribution in [1.82, 2.24) is 20.2 Å². The van der Waals surface area contributed by atoms with Crippen LogP contribution in [-0.4, -0.2) is 41.0 Å². The van der Waals surface area contributed by atoms with Crippen molar-refractivity contribution in [3.8, 4) is 11.4 Å². The summed E-state index contributed by atoms with van der Waals surface area (Å²) >= 11 is 0. The van der Waals surface area contributed by atoms with Crippen molar-refractivity contribution in [2.24, 2.45) is 10.9 Å². The zero-order valence-corrected chi connectivity index (χ0v) is 19.3. The zero-order valence-electron chi connectivity index (χ0n) is 19.3. The number of aromatic amines is 1. The molecule has 3 aromatic rings. The van der Waals surface area contributed by atoms with E-state index < -0.39 is 17.6 Å². The van der Waals surface area contributed by atoms with Crippen LogP contribution in [0.25, 0.3) is 28.0 Å². The number of alkyl halides is 3. The van der Waals surface area contributed by atoms with E-state index in [1.165, 1.54) is 12.1 Å². The number of halogens is 4. The highest BCUT2D eigenvalue weighted by Crippen LogP contribution is 2.32. The molecule has 0 radical (unpaired) electrons. The first-order valence-electron chi connectivity index (χ1n) is 11.2. The van der Waals surface area contributed by atoms with Crippen molar-refractivity contribution in [3.05, 3.63) is 59.5 Å². The topological polar surface area (TPSA) is 56.3 Å². The molecule has 0 amide bonds. The smallest absolute Gasteiger partial charge is 0.343 e. The van der Waals surface area contributed by atoms with Crippen LogP contribution in [0.4, 0.5) is 17.6 Å². The Kier molecular flexibility index (Phi) is 6.63. The lowest BCUT2D eigenvalue weighted by Crippen LogP contribution is -2.43. The number of fused-ring (bicyclic) bond motifs is 1. The van der Waals surface area contributed by atoms with Gasteiger partial charge in [0.2, 0.25) is 0 Å². The van der Waals surface area contributed by atoms with Crippen LogP contribution < -0.4 is 5.32 Å². The number of piperidine rings is 1. The molecule has 0 aliphatic carbocycles. The average molecular weight is 474 g/mol. The normalized spacial score (nSPS) is 16.4. The molecule has 4 rings (SSSR count). The van der Waals surface area contributed by atoms with E-state index in [0.717, 1.165) is 49.6 Å². The van der Waals surface area contributed by atoms with Crippen LogP contribution in [0.3, 0.4) is 0 Å². The van der Waals surface area contributed by atoms with Crippen molar-refractivity contribution in [1.29, 1.82) is 0 Å². The standard InChI is InChI=1S/C25H27F4N5/c1-15-8-10-34(11-9-15)24(30-3)31-14-16(2)17-4-6-19(20(26)12-17)23-32-21-7-5-18(25(27,28)29)13-22(21)33-23/h4-7,12-15H,8-11H2,1-3H3,(H,30,31)(H,32,33)/b16-14+. The van der Waals surface area contributed by atoms with Crippen LogP contribution in [0.1, 0.15) is 37.8 Å². The molecule has 2 N–H and O–H groups in total. The first-order valence-corrected chi connectivity index (χ1v) is 11.2. The summed E-state index contributed by atoms with van der Waals surface area (Å²) in [5, 5.41) is 3.23. The Labute approximate surface area is 195 Å². The second kappa shape index (κ2) is 9.48. The predicted octanol–water partition coefficient (Wildman–Crippen LogP) is 6.06. The number of aliphatic imine (C=N–C) groups is 1. The van der Waals surface area contributed by atoms with Gasteiger partial charge in [-0.3, -0.25) is 4.99 Å². The third kappa shape index (κ3) is 5.08. The average Bonchev–Trinajstić information content (AvgIpc) is 3.23. The molecule has 9 heteroatoms. The minimum absolute atomic E-state index is 0.179. The second-order valence-corrected chi connectivity index (χ2v) is 8.70. The molecule has 2 aromatic carbocycles. The number of allylic oxidation sites excluding steroid dienone is 1. The molecular weight excluding hydrogens is 446 g/mol. The zero-order chi connectivity index (χ0) is 24.5. The summed E-state index contributed by atoms with van der Waals surface area (Å²) < 4.78 is 53.9. The van der Waals surface area contributed by atoms with Gasteiger partial charge >= 0.3 is 6.18 Å². The van der Waals surface area contributed by atoms with E-state index in [1.807, 2.05) is 6.92 Å². The van der Waals surface area contributed by atoms with Gasteiger partial charge in [0.1, 0.15) is 11.6 Å². The van der Waals surface area contributed by atoms with E-state index in [9.17, 15) is 17.6 Å². The van der Waals surface area contributed by atoms with Crippen molar-refractivity contribution in [3.63, 3.8) is 0 Å². The largest absolute Gasteiger partial charge is 0.416 e. The number of guanidine groups is 1. The minimum Gasteiger partial charge on any atom is -0.343 e. The van der Waals surface area contributed by atoms with Gasteiger partial charge in [0.15, 0.2) is 5.96 Å². The highest BCUT2D eigenvalue weighted by Gasteiger charge is 2.30. The lowest BCUT2D eigenvalue weighted by Gasteiger charge is -2.32. The fourth-order valence-electron chi connectivity index (χ4n) is 4.04. The molecule has 0 unspecified atom stereocenters. The lowest BCUT2D eigenvalue weighted by molar-refractivity contribution is -0.137. The van der Waals surface area contributed by atoms with Crippen LogP contribution in [0.15, 0.2) is 47.6 Å². The highest BCUT2D eigenvalue weighted by atomic mass is 19.4. The lowest BCUT2D eigenvalue weighted by atomic mass is 9.99. The van der Waals surface area contributed by atoms with Gasteiger partial charge in [-0.05, 0) is 67.2 Å². The molecule has 1 aromatic heterocycles. The Hall–Kier alpha value is -3.36. The number of rotatable bonds is 3. The molecule has 0 saturated carbocycles. The van der Waals surface area contributed by atoms with Gasteiger partial charge in [-0.25, -0.2) is 9.37 Å². The molecule has 180 valence electrons. The molecule has 1 aliphatic rings. The number of hydrogen-bond donors (Lipinski definition) is 2. The summed E-state index contributed by atoms with van der Waals surface area (Å²) in [7, 11) is 1.74. The Bertz CT molecular complexity index is 1230. The Balaban J connectivity index is 1.52. The summed E-state index contributed by atoms with van der Waals surface area (Å²) in [5.74, 6) is 1.16. The number of imidazole rings is 1. The number of likely N-dealkylation sites (tertiary alicyclic amines) is 1. The highest BCUT2D eigenvalue weighted by molar-refractivity contribution is 5.83. The summed E-state index contributed by atoms with van der Waals surface area (Å²) in [5.41, 5.74) is 1.43. The Morgan fingerprint density at radius 3 is 2.56 bits per heavy atom. The molecular formula is C25H27F4N5. The quantitative estimate of drug-likeness (QED) is 0.276. The predicted molar refractivity (Wildman–Crippen MR) is 127 cm³/mol. The van der Waals surface area contributed by atoms with Crippen molar-refractivity contribution in [2.75, 3.05) is 20.1 Å². The third-order valence-electron chi connectivity index (χ3n) is 6.20. The molecule has 2 heterocycles. The molecule has 0 spiro atoms. The van der Waals surface area contributed by atoms with E-state index in [0.29, 0.717) is 17.0 Å². The molecule has 34 heavy (non-hydrogen) atoms. The monoisotopic (exact) mass is 473 g/mol. The van der Waals surface area contributed by atoms with Crippen LogP contribution in [0, 0.1) is 11.7 Å². The van der Waals surface area contributed by atoms with E-state index >= 15 is 0 Å². The van der Waals surface area contributed by atoms with Crippen molar-refractivity contribution < 1.29 is 17.6 Å². The maximum absolute atomic E-state index is 15.0. The Morgan fingerprint density at radius 2 is 1.91 bits per heavy atom. The first-order chi connectivity index (χ1) is 16.2. The van der Waals surface area contributed by atoms with E-state index in [2.05, 4.69) is 32.1 Å². The molecule has 5 nitrogen and oxygen atoms in total. The van der Waals surface area contributed by atoms with Gasteiger partial charge in [-0.15, -0.1) is 0 Å². The molecule has 0 atom stereocenters. The second-order valence-electron chi connectivity index (χ2n) is 8.70. The number of benzene rings is 2. The van der Waals surface area contributed by atoms with Gasteiger partial charge in [0.25, 0.3) is 0 Å². The Morgan fingerprint density at radius 1 is 1.18 bits per heavy atom. The summed E-state index contributed by atoms with van der Waals surface area (Å²) in [6, 6.07) is 7.94. The van der Waals surface area contributed by atoms with Crippen LogP contribution in [0.5, 0.6) is 0 Å². The van der Waals surface area contributed by atoms with Crippen LogP contribution in [0.2, 0.25) is 0 Å². The number of H-pyrrole nitrogens is 1. The minimum atomic E-state index is -4.46. The van der Waals surface area contributed by atoms with Crippen LogP contribution >= 0.6 is 0 Å². The van der Waals surface area contributed by atoms with E-state index in [-0.39, 0.29) is 16.9 Å². The maximum Gasteiger partial charge on any atom is 0.416 e. The van der Waals surface area contributed by atoms with Crippen LogP contribution in [-0.2, 0) is 6.18 Å². The van der Waals surface area contributed by atoms with Gasteiger partial charge in [-0.2, -0.15) is 13.2 Å². The molecule has 1 aliphatic heterocycles. The first kappa shape index (κ1) is 23.8. The fourth-order valence-corrected chi connectivity index (χ4v) is 4.04. The van der Waals surface area contributed by atoms with Gasteiger partial charge in [0.05, 0.1) is 22.2 Å². The summed E-state index contributed by atoms with van der Waals surface area (Å²) in [6.07, 6.45) is -0.418. The summed E-state index contributed by atoms with van der Waals surface area (Å²) in [6.45, 7) is 6.01. The SMILES string of the molecule is CN=C(N/C=C(\C)c1ccc(-c2nc3ccc(C(F)(F)F)cc3[nH]2)c(F)c1)N1CCC(C)CC1. The number of hydrogen-bond acceptors (Lipinski definition) is 2.